The number of aromatic nitrogens is 2. The van der Waals surface area contributed by atoms with Crippen LogP contribution >= 0.6 is 15.9 Å². The van der Waals surface area contributed by atoms with E-state index in [9.17, 15) is 4.79 Å². The molecule has 3 aromatic rings. The number of nitrogens with one attached hydrogen (secondary N) is 1. The molecule has 2 aromatic heterocycles. The molecule has 2 heterocycles. The normalized spacial score (nSPS) is 10.3. The zero-order chi connectivity index (χ0) is 14.7. The molecule has 1 aromatic carbocycles. The van der Waals surface area contributed by atoms with Crippen molar-refractivity contribution in [1.29, 1.82) is 0 Å². The maximum absolute atomic E-state index is 12.1. The van der Waals surface area contributed by atoms with Gasteiger partial charge in [0.25, 0.3) is 5.91 Å². The molecule has 0 radical (unpaired) electrons. The Morgan fingerprint density at radius 2 is 1.95 bits per heavy atom. The zero-order valence-electron chi connectivity index (χ0n) is 10.8. The van der Waals surface area contributed by atoms with Crippen molar-refractivity contribution in [2.24, 2.45) is 0 Å². The molecule has 104 valence electrons. The fourth-order valence-electron chi connectivity index (χ4n) is 1.77. The van der Waals surface area contributed by atoms with Gasteiger partial charge in [0.1, 0.15) is 4.60 Å². The van der Waals surface area contributed by atoms with Crippen molar-refractivity contribution < 1.29 is 9.32 Å². The highest BCUT2D eigenvalue weighted by molar-refractivity contribution is 9.10. The summed E-state index contributed by atoms with van der Waals surface area (Å²) in [5.41, 5.74) is 1.68. The van der Waals surface area contributed by atoms with Crippen LogP contribution in [0.4, 0.5) is 5.69 Å². The Morgan fingerprint density at radius 3 is 2.67 bits per heavy atom. The van der Waals surface area contributed by atoms with Crippen LogP contribution in [0, 0.1) is 0 Å². The number of halogens is 1. The highest BCUT2D eigenvalue weighted by atomic mass is 79.9. The number of pyridine rings is 1. The lowest BCUT2D eigenvalue weighted by Gasteiger charge is -2.01. The third kappa shape index (κ3) is 3.17. The second-order valence-electron chi connectivity index (χ2n) is 4.27. The van der Waals surface area contributed by atoms with Crippen LogP contribution in [0.15, 0.2) is 63.9 Å². The van der Waals surface area contributed by atoms with Gasteiger partial charge in [0.2, 0.25) is 0 Å². The topological polar surface area (TPSA) is 68.0 Å². The second-order valence-corrected chi connectivity index (χ2v) is 5.08. The first-order valence-electron chi connectivity index (χ1n) is 6.17. The molecule has 0 fully saturated rings. The first-order valence-corrected chi connectivity index (χ1v) is 6.97. The number of nitrogens with zero attached hydrogens (tertiary/aromatic N) is 2. The van der Waals surface area contributed by atoms with E-state index in [2.05, 4.69) is 31.4 Å². The van der Waals surface area contributed by atoms with Gasteiger partial charge in [-0.2, -0.15) is 0 Å². The van der Waals surface area contributed by atoms with E-state index in [0.29, 0.717) is 16.1 Å². The van der Waals surface area contributed by atoms with E-state index in [-0.39, 0.29) is 11.6 Å². The first-order chi connectivity index (χ1) is 10.2. The minimum absolute atomic E-state index is 0.219. The van der Waals surface area contributed by atoms with Crippen LogP contribution in [-0.2, 0) is 0 Å². The summed E-state index contributed by atoms with van der Waals surface area (Å²) in [5.74, 6) is 0.208. The molecule has 0 unspecified atom stereocenters. The van der Waals surface area contributed by atoms with Gasteiger partial charge in [0.15, 0.2) is 11.5 Å². The molecule has 0 bridgehead atoms. The lowest BCUT2D eigenvalue weighted by molar-refractivity contribution is 0.101. The maximum Gasteiger partial charge on any atom is 0.277 e. The lowest BCUT2D eigenvalue weighted by Crippen LogP contribution is -2.12. The molecule has 0 saturated carbocycles. The Morgan fingerprint density at radius 1 is 1.14 bits per heavy atom. The van der Waals surface area contributed by atoms with Crippen molar-refractivity contribution in [1.82, 2.24) is 10.1 Å². The van der Waals surface area contributed by atoms with E-state index in [4.69, 9.17) is 4.52 Å². The van der Waals surface area contributed by atoms with Crippen molar-refractivity contribution in [3.05, 3.63) is 65.0 Å². The highest BCUT2D eigenvalue weighted by Gasteiger charge is 2.13. The van der Waals surface area contributed by atoms with Crippen LogP contribution in [0.25, 0.3) is 11.3 Å². The zero-order valence-corrected chi connectivity index (χ0v) is 12.4. The standard InChI is InChI=1S/C15H10BrN3O2/c16-14-7-6-11(9-17-14)18-15(20)12-8-13(21-19-12)10-4-2-1-3-5-10/h1-9H,(H,18,20). The van der Waals surface area contributed by atoms with Crippen molar-refractivity contribution in [2.75, 3.05) is 5.32 Å². The van der Waals surface area contributed by atoms with Gasteiger partial charge in [-0.15, -0.1) is 0 Å². The van der Waals surface area contributed by atoms with Crippen molar-refractivity contribution in [3.63, 3.8) is 0 Å². The van der Waals surface area contributed by atoms with E-state index in [1.54, 1.807) is 24.4 Å². The van der Waals surface area contributed by atoms with Gasteiger partial charge in [-0.3, -0.25) is 4.79 Å². The fraction of sp³-hybridized carbons (Fsp3) is 0. The Balaban J connectivity index is 1.77. The molecule has 0 aliphatic carbocycles. The average molecular weight is 344 g/mol. The van der Waals surface area contributed by atoms with Crippen LogP contribution < -0.4 is 5.32 Å². The summed E-state index contributed by atoms with van der Waals surface area (Å²) in [6.45, 7) is 0. The number of hydrogen-bond donors (Lipinski definition) is 1. The molecule has 0 aliphatic heterocycles. The predicted molar refractivity (Wildman–Crippen MR) is 81.8 cm³/mol. The summed E-state index contributed by atoms with van der Waals surface area (Å²) < 4.78 is 5.90. The number of amides is 1. The maximum atomic E-state index is 12.1. The average Bonchev–Trinajstić information content (AvgIpc) is 3.00. The molecule has 6 heteroatoms. The van der Waals surface area contributed by atoms with Gasteiger partial charge in [0, 0.05) is 11.6 Å². The van der Waals surface area contributed by atoms with Crippen LogP contribution in [0.2, 0.25) is 0 Å². The molecule has 3 rings (SSSR count). The van der Waals surface area contributed by atoms with Gasteiger partial charge in [-0.05, 0) is 28.1 Å². The van der Waals surface area contributed by atoms with Crippen molar-refractivity contribution >= 4 is 27.5 Å². The summed E-state index contributed by atoms with van der Waals surface area (Å²) in [6, 6.07) is 14.6. The predicted octanol–water partition coefficient (Wildman–Crippen LogP) is 3.75. The summed E-state index contributed by atoms with van der Waals surface area (Å²) in [6.07, 6.45) is 1.56. The van der Waals surface area contributed by atoms with E-state index in [0.717, 1.165) is 5.56 Å². The van der Waals surface area contributed by atoms with Gasteiger partial charge in [-0.1, -0.05) is 35.5 Å². The minimum atomic E-state index is -0.343. The Kier molecular flexibility index (Phi) is 3.79. The molecule has 0 aliphatic rings. The van der Waals surface area contributed by atoms with E-state index in [1.807, 2.05) is 30.3 Å². The first kappa shape index (κ1) is 13.5. The number of anilines is 1. The SMILES string of the molecule is O=C(Nc1ccc(Br)nc1)c1cc(-c2ccccc2)on1. The molecule has 21 heavy (non-hydrogen) atoms. The Hall–Kier alpha value is -2.47. The number of hydrogen-bond acceptors (Lipinski definition) is 4. The quantitative estimate of drug-likeness (QED) is 0.735. The Bertz CT molecular complexity index is 754. The lowest BCUT2D eigenvalue weighted by atomic mass is 10.1. The third-order valence-corrected chi connectivity index (χ3v) is 3.26. The van der Waals surface area contributed by atoms with Gasteiger partial charge >= 0.3 is 0 Å². The van der Waals surface area contributed by atoms with Crippen molar-refractivity contribution in [2.45, 2.75) is 0 Å². The minimum Gasteiger partial charge on any atom is -0.355 e. The largest absolute Gasteiger partial charge is 0.355 e. The molecule has 0 atom stereocenters. The molecule has 0 spiro atoms. The third-order valence-electron chi connectivity index (χ3n) is 2.79. The van der Waals surface area contributed by atoms with Gasteiger partial charge in [-0.25, -0.2) is 4.98 Å². The van der Waals surface area contributed by atoms with Gasteiger partial charge < -0.3 is 9.84 Å². The number of carbonyl (C=O) groups excluding carboxylic acids is 1. The molecule has 1 amide bonds. The Labute approximate surface area is 129 Å². The van der Waals surface area contributed by atoms with Gasteiger partial charge in [0.05, 0.1) is 11.9 Å². The number of rotatable bonds is 3. The van der Waals surface area contributed by atoms with E-state index < -0.39 is 0 Å². The number of benzene rings is 1. The van der Waals surface area contributed by atoms with Crippen LogP contribution in [0.3, 0.4) is 0 Å². The smallest absolute Gasteiger partial charge is 0.277 e. The summed E-state index contributed by atoms with van der Waals surface area (Å²) >= 11 is 3.23. The fourth-order valence-corrected chi connectivity index (χ4v) is 2.00. The molecule has 5 nitrogen and oxygen atoms in total. The molecular formula is C15H10BrN3O2. The molecule has 0 saturated heterocycles. The molecule has 1 N–H and O–H groups in total. The summed E-state index contributed by atoms with van der Waals surface area (Å²) in [4.78, 5) is 16.1. The van der Waals surface area contributed by atoms with E-state index >= 15 is 0 Å². The number of carbonyl (C=O) groups is 1. The van der Waals surface area contributed by atoms with Crippen LogP contribution in [0.1, 0.15) is 10.5 Å². The van der Waals surface area contributed by atoms with Crippen molar-refractivity contribution in [3.8, 4) is 11.3 Å². The molecular weight excluding hydrogens is 334 g/mol. The van der Waals surface area contributed by atoms with Crippen LogP contribution in [-0.4, -0.2) is 16.0 Å². The highest BCUT2D eigenvalue weighted by Crippen LogP contribution is 2.20. The van der Waals surface area contributed by atoms with E-state index in [1.165, 1.54) is 0 Å². The summed E-state index contributed by atoms with van der Waals surface area (Å²) in [7, 11) is 0. The van der Waals surface area contributed by atoms with Crippen LogP contribution in [0.5, 0.6) is 0 Å². The second kappa shape index (κ2) is 5.88. The monoisotopic (exact) mass is 343 g/mol. The summed E-state index contributed by atoms with van der Waals surface area (Å²) in [5, 5.41) is 6.49.